The van der Waals surface area contributed by atoms with E-state index in [9.17, 15) is 0 Å². The van der Waals surface area contributed by atoms with Crippen LogP contribution >= 0.6 is 0 Å². The van der Waals surface area contributed by atoms with Gasteiger partial charge in [0.1, 0.15) is 0 Å². The predicted octanol–water partition coefficient (Wildman–Crippen LogP) is 1.37. The Morgan fingerprint density at radius 2 is 2.07 bits per heavy atom. The van der Waals surface area contributed by atoms with Crippen LogP contribution in [0.2, 0.25) is 0 Å². The van der Waals surface area contributed by atoms with Crippen molar-refractivity contribution in [3.8, 4) is 0 Å². The Morgan fingerprint density at radius 3 is 2.53 bits per heavy atom. The summed E-state index contributed by atoms with van der Waals surface area (Å²) in [6.45, 7) is 9.22. The minimum absolute atomic E-state index is 0.503. The molecule has 1 saturated carbocycles. The molecule has 90 valence electrons. The summed E-state index contributed by atoms with van der Waals surface area (Å²) in [4.78, 5) is 0. The van der Waals surface area contributed by atoms with E-state index in [4.69, 9.17) is 10.5 Å². The van der Waals surface area contributed by atoms with Gasteiger partial charge < -0.3 is 15.8 Å². The van der Waals surface area contributed by atoms with Crippen LogP contribution in [0, 0.1) is 11.8 Å². The van der Waals surface area contributed by atoms with Crippen LogP contribution in [0.3, 0.4) is 0 Å². The van der Waals surface area contributed by atoms with Gasteiger partial charge in [-0.1, -0.05) is 13.8 Å². The van der Waals surface area contributed by atoms with E-state index >= 15 is 0 Å². The Hall–Kier alpha value is -0.120. The lowest BCUT2D eigenvalue weighted by Crippen LogP contribution is -2.48. The molecule has 0 spiro atoms. The molecule has 0 amide bonds. The molecular formula is C12H26N2O. The first kappa shape index (κ1) is 12.9. The molecule has 1 rings (SSSR count). The average molecular weight is 214 g/mol. The van der Waals surface area contributed by atoms with Gasteiger partial charge in [-0.25, -0.2) is 0 Å². The van der Waals surface area contributed by atoms with Crippen molar-refractivity contribution < 1.29 is 4.74 Å². The van der Waals surface area contributed by atoms with E-state index in [0.717, 1.165) is 19.7 Å². The first-order chi connectivity index (χ1) is 7.17. The van der Waals surface area contributed by atoms with Gasteiger partial charge in [0.25, 0.3) is 0 Å². The number of hydrogen-bond donors (Lipinski definition) is 2. The summed E-state index contributed by atoms with van der Waals surface area (Å²) in [5.74, 6) is 1.28. The maximum atomic E-state index is 5.73. The molecule has 15 heavy (non-hydrogen) atoms. The van der Waals surface area contributed by atoms with Crippen molar-refractivity contribution >= 4 is 0 Å². The topological polar surface area (TPSA) is 47.3 Å². The molecule has 3 nitrogen and oxygen atoms in total. The van der Waals surface area contributed by atoms with Crippen LogP contribution in [-0.2, 0) is 4.74 Å². The summed E-state index contributed by atoms with van der Waals surface area (Å²) in [5.41, 5.74) is 5.73. The maximum absolute atomic E-state index is 5.73. The van der Waals surface area contributed by atoms with Crippen LogP contribution in [-0.4, -0.2) is 31.8 Å². The van der Waals surface area contributed by atoms with Crippen LogP contribution in [0.1, 0.15) is 33.6 Å². The average Bonchev–Trinajstić information content (AvgIpc) is 2.13. The molecule has 3 N–H and O–H groups in total. The Balaban J connectivity index is 2.06. The second kappa shape index (κ2) is 6.46. The van der Waals surface area contributed by atoms with Crippen LogP contribution in [0.25, 0.3) is 0 Å². The fourth-order valence-corrected chi connectivity index (χ4v) is 2.01. The minimum atomic E-state index is 0.503. The Labute approximate surface area is 93.8 Å². The zero-order valence-electron chi connectivity index (χ0n) is 10.3. The summed E-state index contributed by atoms with van der Waals surface area (Å²) in [5, 5.41) is 3.58. The molecule has 0 aromatic heterocycles. The smallest absolute Gasteiger partial charge is 0.0604 e. The largest absolute Gasteiger partial charge is 0.378 e. The van der Waals surface area contributed by atoms with E-state index in [0.29, 0.717) is 24.0 Å². The van der Waals surface area contributed by atoms with Crippen molar-refractivity contribution in [3.05, 3.63) is 0 Å². The molecular weight excluding hydrogens is 188 g/mol. The van der Waals surface area contributed by atoms with E-state index in [-0.39, 0.29) is 0 Å². The minimum Gasteiger partial charge on any atom is -0.378 e. The van der Waals surface area contributed by atoms with Gasteiger partial charge in [-0.05, 0) is 44.7 Å². The summed E-state index contributed by atoms with van der Waals surface area (Å²) >= 11 is 0. The third kappa shape index (κ3) is 4.09. The third-order valence-corrected chi connectivity index (χ3v) is 3.41. The highest BCUT2D eigenvalue weighted by Gasteiger charge is 2.29. The molecule has 0 aromatic rings. The molecule has 0 heterocycles. The lowest BCUT2D eigenvalue weighted by atomic mass is 9.88. The zero-order chi connectivity index (χ0) is 11.3. The van der Waals surface area contributed by atoms with E-state index in [1.807, 2.05) is 0 Å². The first-order valence-corrected chi connectivity index (χ1v) is 6.22. The van der Waals surface area contributed by atoms with Crippen molar-refractivity contribution in [2.45, 2.75) is 45.8 Å². The fourth-order valence-electron chi connectivity index (χ4n) is 2.01. The molecule has 3 heteroatoms. The van der Waals surface area contributed by atoms with Crippen LogP contribution < -0.4 is 11.1 Å². The van der Waals surface area contributed by atoms with E-state index < -0.39 is 0 Å². The Kier molecular flexibility index (Phi) is 5.58. The first-order valence-electron chi connectivity index (χ1n) is 6.22. The Morgan fingerprint density at radius 1 is 1.40 bits per heavy atom. The second-order valence-electron chi connectivity index (χ2n) is 4.89. The normalized spacial score (nSPS) is 27.8. The van der Waals surface area contributed by atoms with Gasteiger partial charge in [-0.2, -0.15) is 0 Å². The highest BCUT2D eigenvalue weighted by Crippen LogP contribution is 2.23. The van der Waals surface area contributed by atoms with Gasteiger partial charge in [0, 0.05) is 12.6 Å². The summed E-state index contributed by atoms with van der Waals surface area (Å²) in [6.07, 6.45) is 2.84. The molecule has 0 radical (unpaired) electrons. The maximum Gasteiger partial charge on any atom is 0.0604 e. The number of hydrogen-bond acceptors (Lipinski definition) is 3. The molecule has 0 saturated heterocycles. The van der Waals surface area contributed by atoms with Gasteiger partial charge in [0.2, 0.25) is 0 Å². The van der Waals surface area contributed by atoms with Crippen molar-refractivity contribution in [3.63, 3.8) is 0 Å². The van der Waals surface area contributed by atoms with E-state index in [1.54, 1.807) is 0 Å². The van der Waals surface area contributed by atoms with Crippen molar-refractivity contribution in [2.24, 2.45) is 17.6 Å². The highest BCUT2D eigenvalue weighted by molar-refractivity contribution is 4.86. The fraction of sp³-hybridized carbons (Fsp3) is 1.00. The zero-order valence-corrected chi connectivity index (χ0v) is 10.3. The number of nitrogens with one attached hydrogen (secondary N) is 1. The van der Waals surface area contributed by atoms with Crippen LogP contribution in [0.15, 0.2) is 0 Å². The van der Waals surface area contributed by atoms with Gasteiger partial charge in [-0.3, -0.25) is 0 Å². The van der Waals surface area contributed by atoms with Gasteiger partial charge in [-0.15, -0.1) is 0 Å². The molecule has 1 aliphatic carbocycles. The van der Waals surface area contributed by atoms with Crippen LogP contribution in [0.4, 0.5) is 0 Å². The van der Waals surface area contributed by atoms with Gasteiger partial charge >= 0.3 is 0 Å². The molecule has 0 aromatic carbocycles. The lowest BCUT2D eigenvalue weighted by Gasteiger charge is -2.36. The number of rotatable bonds is 7. The number of ether oxygens (including phenoxy) is 1. The van der Waals surface area contributed by atoms with Crippen LogP contribution in [0.5, 0.6) is 0 Å². The lowest BCUT2D eigenvalue weighted by molar-refractivity contribution is -0.0108. The summed E-state index contributed by atoms with van der Waals surface area (Å²) in [6, 6.07) is 0.661. The standard InChI is InChI=1S/C12H26N2O/c1-4-15-12-5-11(6-12)14-8-10(7-13)9(2)3/h9-12,14H,4-8,13H2,1-3H3. The van der Waals surface area contributed by atoms with Crippen molar-refractivity contribution in [1.29, 1.82) is 0 Å². The molecule has 1 atom stereocenters. The number of nitrogens with two attached hydrogens (primary N) is 1. The third-order valence-electron chi connectivity index (χ3n) is 3.41. The molecule has 0 aliphatic heterocycles. The molecule has 1 fully saturated rings. The Bertz CT molecular complexity index is 167. The van der Waals surface area contributed by atoms with Crippen molar-refractivity contribution in [2.75, 3.05) is 19.7 Å². The predicted molar refractivity (Wildman–Crippen MR) is 63.8 cm³/mol. The van der Waals surface area contributed by atoms with Gasteiger partial charge in [0.15, 0.2) is 0 Å². The van der Waals surface area contributed by atoms with Crippen molar-refractivity contribution in [1.82, 2.24) is 5.32 Å². The van der Waals surface area contributed by atoms with E-state index in [1.165, 1.54) is 12.8 Å². The summed E-state index contributed by atoms with van der Waals surface area (Å²) < 4.78 is 5.52. The SMILES string of the molecule is CCOC1CC(NCC(CN)C(C)C)C1. The quantitative estimate of drug-likeness (QED) is 0.673. The monoisotopic (exact) mass is 214 g/mol. The second-order valence-corrected chi connectivity index (χ2v) is 4.89. The van der Waals surface area contributed by atoms with Gasteiger partial charge in [0.05, 0.1) is 6.10 Å². The van der Waals surface area contributed by atoms with E-state index in [2.05, 4.69) is 26.1 Å². The highest BCUT2D eigenvalue weighted by atomic mass is 16.5. The molecule has 1 unspecified atom stereocenters. The molecule has 1 aliphatic rings. The summed E-state index contributed by atoms with van der Waals surface area (Å²) in [7, 11) is 0. The molecule has 0 bridgehead atoms.